The van der Waals surface area contributed by atoms with Crippen molar-refractivity contribution in [1.82, 2.24) is 20.1 Å². The van der Waals surface area contributed by atoms with Crippen LogP contribution in [0.25, 0.3) is 22.0 Å². The van der Waals surface area contributed by atoms with Crippen LogP contribution in [0.3, 0.4) is 0 Å². The lowest BCUT2D eigenvalue weighted by Gasteiger charge is -2.28. The number of phenols is 1. The molecule has 2 heterocycles. The Morgan fingerprint density at radius 3 is 2.53 bits per heavy atom. The molecule has 2 N–H and O–H groups in total. The lowest BCUT2D eigenvalue weighted by atomic mass is 9.86. The minimum Gasteiger partial charge on any atom is -0.503 e. The van der Waals surface area contributed by atoms with E-state index in [0.717, 1.165) is 59.8 Å². The Morgan fingerprint density at radius 1 is 1.08 bits per heavy atom. The number of aromatic nitrogens is 3. The van der Waals surface area contributed by atoms with Gasteiger partial charge in [-0.25, -0.2) is 13.8 Å². The predicted molar refractivity (Wildman–Crippen MR) is 131 cm³/mol. The number of carbonyl (C=O) groups is 1. The highest BCUT2D eigenvalue weighted by molar-refractivity contribution is 5.94. The number of carbonyl (C=O) groups excluding carboxylic acids is 1. The van der Waals surface area contributed by atoms with E-state index in [4.69, 9.17) is 9.84 Å². The fourth-order valence-corrected chi connectivity index (χ4v) is 4.75. The second-order valence-electron chi connectivity index (χ2n) is 9.14. The summed E-state index contributed by atoms with van der Waals surface area (Å²) in [6.07, 6.45) is 7.45. The van der Waals surface area contributed by atoms with Crippen molar-refractivity contribution in [2.45, 2.75) is 31.7 Å². The zero-order chi connectivity index (χ0) is 25.2. The Labute approximate surface area is 206 Å². The molecule has 186 valence electrons. The molecule has 2 aromatic heterocycles. The van der Waals surface area contributed by atoms with E-state index in [2.05, 4.69) is 34.7 Å². The smallest absolute Gasteiger partial charge is 0.251 e. The van der Waals surface area contributed by atoms with E-state index in [1.807, 2.05) is 16.8 Å². The van der Waals surface area contributed by atoms with E-state index in [1.54, 1.807) is 13.3 Å². The number of fused-ring (bicyclic) bond motifs is 1. The molecule has 4 aromatic rings. The number of nitrogens with zero attached hydrogens (tertiary/aromatic N) is 3. The third-order valence-corrected chi connectivity index (χ3v) is 6.82. The van der Waals surface area contributed by atoms with Crippen molar-refractivity contribution in [3.8, 4) is 22.8 Å². The van der Waals surface area contributed by atoms with Crippen LogP contribution in [0.4, 0.5) is 8.78 Å². The maximum absolute atomic E-state index is 13.5. The molecule has 0 spiro atoms. The van der Waals surface area contributed by atoms with E-state index in [1.165, 1.54) is 0 Å². The Bertz CT molecular complexity index is 1390. The number of aromatic hydroxyl groups is 1. The van der Waals surface area contributed by atoms with Gasteiger partial charge in [0.1, 0.15) is 0 Å². The summed E-state index contributed by atoms with van der Waals surface area (Å²) in [5.41, 5.74) is 2.83. The highest BCUT2D eigenvalue weighted by Crippen LogP contribution is 2.33. The normalized spacial score (nSPS) is 17.8. The number of hydrogen-bond donors (Lipinski definition) is 2. The first-order valence-corrected chi connectivity index (χ1v) is 11.9. The molecule has 1 saturated carbocycles. The monoisotopic (exact) mass is 492 g/mol. The van der Waals surface area contributed by atoms with Crippen molar-refractivity contribution in [2.24, 2.45) is 5.92 Å². The van der Waals surface area contributed by atoms with Crippen molar-refractivity contribution < 1.29 is 23.4 Å². The lowest BCUT2D eigenvalue weighted by Crippen LogP contribution is -2.31. The highest BCUT2D eigenvalue weighted by atomic mass is 19.1. The second kappa shape index (κ2) is 9.93. The summed E-state index contributed by atoms with van der Waals surface area (Å²) in [4.78, 5) is 16.5. The van der Waals surface area contributed by atoms with Gasteiger partial charge in [0.2, 0.25) is 5.88 Å². The van der Waals surface area contributed by atoms with Gasteiger partial charge >= 0.3 is 0 Å². The largest absolute Gasteiger partial charge is 0.503 e. The Balaban J connectivity index is 1.19. The number of methoxy groups -OCH3 is 1. The van der Waals surface area contributed by atoms with Gasteiger partial charge in [-0.2, -0.15) is 5.10 Å². The fraction of sp³-hybridized carbons (Fsp3) is 0.296. The molecule has 0 saturated heterocycles. The third kappa shape index (κ3) is 4.86. The van der Waals surface area contributed by atoms with E-state index < -0.39 is 23.3 Å². The number of ether oxygens (including phenoxy) is 1. The van der Waals surface area contributed by atoms with Crippen LogP contribution in [0.15, 0.2) is 54.9 Å². The number of rotatable bonds is 6. The molecule has 0 aliphatic heterocycles. The van der Waals surface area contributed by atoms with E-state index in [9.17, 15) is 18.7 Å². The lowest BCUT2D eigenvalue weighted by molar-refractivity contribution is 0.0940. The number of phenolic OH excluding ortho intramolecular Hbond substituents is 1. The summed E-state index contributed by atoms with van der Waals surface area (Å²) in [5.74, 6) is -3.11. The molecule has 0 unspecified atom stereocenters. The van der Waals surface area contributed by atoms with E-state index >= 15 is 0 Å². The first kappa shape index (κ1) is 23.7. The maximum Gasteiger partial charge on any atom is 0.251 e. The molecule has 0 bridgehead atoms. The van der Waals surface area contributed by atoms with Crippen LogP contribution in [0, 0.1) is 17.6 Å². The zero-order valence-corrected chi connectivity index (χ0v) is 19.7. The van der Waals surface area contributed by atoms with Gasteiger partial charge in [-0.1, -0.05) is 12.1 Å². The van der Waals surface area contributed by atoms with Gasteiger partial charge in [-0.15, -0.1) is 0 Å². The molecule has 7 nitrogen and oxygen atoms in total. The summed E-state index contributed by atoms with van der Waals surface area (Å²) in [6.45, 7) is 0.426. The standard InChI is InChI=1S/C27H26F2N4O3/c1-36-25-13-18(8-9-30-25)17-4-5-19-15-33(32-24(19)12-17)21-6-2-16(3-7-21)14-31-27(35)20-10-22(28)26(34)23(29)11-20/h4-5,8-13,15-16,21,34H,2-3,6-7,14H2,1H3,(H,31,35). The topological polar surface area (TPSA) is 89.3 Å². The van der Waals surface area contributed by atoms with Gasteiger partial charge in [-0.3, -0.25) is 9.48 Å². The molecule has 1 fully saturated rings. The molecule has 1 amide bonds. The number of halogens is 2. The Morgan fingerprint density at radius 2 is 1.81 bits per heavy atom. The molecule has 9 heteroatoms. The van der Waals surface area contributed by atoms with Crippen LogP contribution in [-0.4, -0.2) is 39.4 Å². The molecular weight excluding hydrogens is 466 g/mol. The van der Waals surface area contributed by atoms with E-state index in [-0.39, 0.29) is 17.5 Å². The molecule has 2 aromatic carbocycles. The number of nitrogens with one attached hydrogen (secondary N) is 1. The first-order valence-electron chi connectivity index (χ1n) is 11.9. The minimum absolute atomic E-state index is 0.149. The average molecular weight is 493 g/mol. The fourth-order valence-electron chi connectivity index (χ4n) is 4.75. The first-order chi connectivity index (χ1) is 17.4. The number of amides is 1. The highest BCUT2D eigenvalue weighted by Gasteiger charge is 2.24. The van der Waals surface area contributed by atoms with Crippen molar-refractivity contribution in [3.63, 3.8) is 0 Å². The van der Waals surface area contributed by atoms with Gasteiger partial charge in [0.15, 0.2) is 17.4 Å². The molecule has 5 rings (SSSR count). The van der Waals surface area contributed by atoms with Crippen LogP contribution in [-0.2, 0) is 0 Å². The Kier molecular flexibility index (Phi) is 6.54. The Hall–Kier alpha value is -4.01. The van der Waals surface area contributed by atoms with Gasteiger partial charge in [0.25, 0.3) is 5.91 Å². The number of pyridine rings is 1. The van der Waals surface area contributed by atoms with Gasteiger partial charge in [0.05, 0.1) is 18.7 Å². The van der Waals surface area contributed by atoms with Crippen LogP contribution in [0.5, 0.6) is 11.6 Å². The van der Waals surface area contributed by atoms with Gasteiger partial charge in [0, 0.05) is 36.0 Å². The van der Waals surface area contributed by atoms with Crippen molar-refractivity contribution >= 4 is 16.8 Å². The van der Waals surface area contributed by atoms with Crippen LogP contribution >= 0.6 is 0 Å². The molecular formula is C27H26F2N4O3. The summed E-state index contributed by atoms with van der Waals surface area (Å²) >= 11 is 0. The van der Waals surface area contributed by atoms with Gasteiger partial charge in [-0.05, 0) is 67.0 Å². The summed E-state index contributed by atoms with van der Waals surface area (Å²) in [6, 6.07) is 12.0. The molecule has 1 aliphatic rings. The molecule has 1 aliphatic carbocycles. The number of benzene rings is 2. The summed E-state index contributed by atoms with van der Waals surface area (Å²) in [7, 11) is 1.59. The van der Waals surface area contributed by atoms with Crippen LogP contribution in [0.1, 0.15) is 42.1 Å². The number of hydrogen-bond acceptors (Lipinski definition) is 5. The zero-order valence-electron chi connectivity index (χ0n) is 19.7. The van der Waals surface area contributed by atoms with Crippen LogP contribution < -0.4 is 10.1 Å². The van der Waals surface area contributed by atoms with Crippen LogP contribution in [0.2, 0.25) is 0 Å². The third-order valence-electron chi connectivity index (χ3n) is 6.82. The molecule has 0 atom stereocenters. The predicted octanol–water partition coefficient (Wildman–Crippen LogP) is 5.25. The summed E-state index contributed by atoms with van der Waals surface area (Å²) < 4.78 is 34.3. The van der Waals surface area contributed by atoms with E-state index in [0.29, 0.717) is 12.4 Å². The van der Waals surface area contributed by atoms with Crippen molar-refractivity contribution in [3.05, 3.63) is 72.1 Å². The quantitative estimate of drug-likeness (QED) is 0.384. The van der Waals surface area contributed by atoms with Crippen molar-refractivity contribution in [1.29, 1.82) is 0 Å². The molecule has 36 heavy (non-hydrogen) atoms. The average Bonchev–Trinajstić information content (AvgIpc) is 3.34. The van der Waals surface area contributed by atoms with Gasteiger partial charge < -0.3 is 15.2 Å². The van der Waals surface area contributed by atoms with Crippen molar-refractivity contribution in [2.75, 3.05) is 13.7 Å². The molecule has 0 radical (unpaired) electrons. The maximum atomic E-state index is 13.5. The second-order valence-corrected chi connectivity index (χ2v) is 9.14. The SMILES string of the molecule is COc1cc(-c2ccc3cn(C4CCC(CNC(=O)c5cc(F)c(O)c(F)c5)CC4)nc3c2)ccn1. The minimum atomic E-state index is -1.15. The summed E-state index contributed by atoms with van der Waals surface area (Å²) in [5, 5.41) is 17.9.